The van der Waals surface area contributed by atoms with Gasteiger partial charge in [0.1, 0.15) is 5.75 Å². The van der Waals surface area contributed by atoms with Gasteiger partial charge in [0.25, 0.3) is 5.82 Å². The van der Waals surface area contributed by atoms with E-state index in [4.69, 9.17) is 4.74 Å². The molecular weight excluding hydrogens is 364 g/mol. The summed E-state index contributed by atoms with van der Waals surface area (Å²) in [5, 5.41) is 7.45. The molecule has 0 bridgehead atoms. The first-order chi connectivity index (χ1) is 14.1. The van der Waals surface area contributed by atoms with Gasteiger partial charge in [-0.1, -0.05) is 12.1 Å². The zero-order chi connectivity index (χ0) is 20.6. The average Bonchev–Trinajstić information content (AvgIpc) is 2.98. The van der Waals surface area contributed by atoms with Crippen LogP contribution in [0.4, 0.5) is 0 Å². The highest BCUT2D eigenvalue weighted by molar-refractivity contribution is 5.82. The number of guanidine groups is 1. The van der Waals surface area contributed by atoms with Gasteiger partial charge in [-0.05, 0) is 55.8 Å². The minimum Gasteiger partial charge on any atom is -0.481 e. The number of nitrogens with one attached hydrogen (secondary N) is 3. The van der Waals surface area contributed by atoms with Crippen molar-refractivity contribution in [1.82, 2.24) is 15.3 Å². The zero-order valence-electron chi connectivity index (χ0n) is 17.6. The summed E-state index contributed by atoms with van der Waals surface area (Å²) in [5.41, 5.74) is 6.36. The van der Waals surface area contributed by atoms with Gasteiger partial charge >= 0.3 is 5.96 Å². The quantitative estimate of drug-likeness (QED) is 0.238. The number of aryl methyl sites for hydroxylation is 2. The molecule has 0 amide bonds. The Balaban J connectivity index is 1.61. The lowest BCUT2D eigenvalue weighted by atomic mass is 10.2. The number of aromatic nitrogens is 2. The second-order valence-electron chi connectivity index (χ2n) is 6.69. The molecule has 7 nitrogen and oxygen atoms in total. The SMILES string of the molecule is CCNC(N/N=C\c1ccc(OCc2n(C)c3ccccc3[n+]2C)cc1)=[NH+]CC. The first-order valence-electron chi connectivity index (χ1n) is 9.93. The maximum atomic E-state index is 6.02. The number of ether oxygens (including phenoxy) is 1. The fraction of sp³-hybridized carbons (Fsp3) is 0.318. The van der Waals surface area contributed by atoms with Crippen molar-refractivity contribution in [3.63, 3.8) is 0 Å². The van der Waals surface area contributed by atoms with E-state index < -0.39 is 0 Å². The molecule has 1 aromatic heterocycles. The summed E-state index contributed by atoms with van der Waals surface area (Å²) in [5.74, 6) is 2.73. The van der Waals surface area contributed by atoms with Crippen molar-refractivity contribution in [2.24, 2.45) is 19.2 Å². The Bertz CT molecular complexity index is 965. The van der Waals surface area contributed by atoms with Crippen molar-refractivity contribution in [1.29, 1.82) is 0 Å². The lowest BCUT2D eigenvalue weighted by Gasteiger charge is -2.05. The van der Waals surface area contributed by atoms with E-state index in [1.165, 1.54) is 11.0 Å². The second-order valence-corrected chi connectivity index (χ2v) is 6.69. The van der Waals surface area contributed by atoms with Gasteiger partial charge in [-0.15, -0.1) is 5.10 Å². The lowest BCUT2D eigenvalue weighted by molar-refractivity contribution is -0.655. The summed E-state index contributed by atoms with van der Waals surface area (Å²) in [4.78, 5) is 3.19. The first-order valence-corrected chi connectivity index (χ1v) is 9.93. The number of nitrogens with zero attached hydrogens (tertiary/aromatic N) is 3. The van der Waals surface area contributed by atoms with E-state index in [2.05, 4.69) is 68.3 Å². The molecule has 0 fully saturated rings. The molecule has 0 aliphatic rings. The number of imidazole rings is 1. The Morgan fingerprint density at radius 3 is 2.62 bits per heavy atom. The van der Waals surface area contributed by atoms with Crippen LogP contribution in [0.15, 0.2) is 53.6 Å². The Hall–Kier alpha value is -3.35. The van der Waals surface area contributed by atoms with Gasteiger partial charge in [0, 0.05) is 0 Å². The van der Waals surface area contributed by atoms with Gasteiger partial charge in [-0.3, -0.25) is 10.3 Å². The van der Waals surface area contributed by atoms with Gasteiger partial charge in [-0.25, -0.2) is 9.13 Å². The third-order valence-electron chi connectivity index (χ3n) is 4.72. The van der Waals surface area contributed by atoms with E-state index in [1.54, 1.807) is 6.21 Å². The Labute approximate surface area is 171 Å². The highest BCUT2D eigenvalue weighted by Crippen LogP contribution is 2.16. The molecule has 152 valence electrons. The highest BCUT2D eigenvalue weighted by atomic mass is 16.5. The average molecular weight is 395 g/mol. The summed E-state index contributed by atoms with van der Waals surface area (Å²) < 4.78 is 10.4. The van der Waals surface area contributed by atoms with E-state index in [9.17, 15) is 0 Å². The Kier molecular flexibility index (Phi) is 6.84. The molecule has 0 aliphatic carbocycles. The highest BCUT2D eigenvalue weighted by Gasteiger charge is 2.19. The first kappa shape index (κ1) is 20.4. The van der Waals surface area contributed by atoms with Crippen molar-refractivity contribution in [3.05, 3.63) is 59.9 Å². The summed E-state index contributed by atoms with van der Waals surface area (Å²) in [7, 11) is 4.14. The molecule has 7 heteroatoms. The van der Waals surface area contributed by atoms with Crippen LogP contribution in [-0.2, 0) is 20.7 Å². The molecule has 29 heavy (non-hydrogen) atoms. The van der Waals surface area contributed by atoms with Gasteiger partial charge in [-0.2, -0.15) is 5.43 Å². The maximum Gasteiger partial charge on any atom is 0.367 e. The van der Waals surface area contributed by atoms with E-state index in [1.807, 2.05) is 38.1 Å². The fourth-order valence-corrected chi connectivity index (χ4v) is 3.19. The third kappa shape index (κ3) is 4.93. The van der Waals surface area contributed by atoms with Crippen LogP contribution in [0.25, 0.3) is 11.0 Å². The number of hydrogen-bond acceptors (Lipinski definition) is 2. The zero-order valence-corrected chi connectivity index (χ0v) is 17.6. The van der Waals surface area contributed by atoms with E-state index in [0.29, 0.717) is 6.61 Å². The largest absolute Gasteiger partial charge is 0.481 e. The van der Waals surface area contributed by atoms with Crippen LogP contribution in [0.3, 0.4) is 0 Å². The van der Waals surface area contributed by atoms with Crippen LogP contribution < -0.4 is 25.0 Å². The molecule has 0 unspecified atom stereocenters. The molecule has 0 saturated heterocycles. The number of hydrogen-bond donors (Lipinski definition) is 3. The topological polar surface area (TPSA) is 68.4 Å². The van der Waals surface area contributed by atoms with Crippen molar-refractivity contribution in [2.45, 2.75) is 20.5 Å². The van der Waals surface area contributed by atoms with E-state index >= 15 is 0 Å². The standard InChI is InChI=1S/C22H29N6O/c1-5-23-22(24-6-2)26-25-15-17-11-13-18(14-12-17)29-16-21-27(3)19-9-7-8-10-20(19)28(21)4/h7-15H,5-6,16H2,1-4H3,(H2,23,24,26)/q+1/p+1/b25-15-. The lowest BCUT2D eigenvalue weighted by Crippen LogP contribution is -2.78. The molecule has 2 aromatic carbocycles. The number of benzene rings is 2. The smallest absolute Gasteiger partial charge is 0.367 e. The van der Waals surface area contributed by atoms with E-state index in [-0.39, 0.29) is 0 Å². The van der Waals surface area contributed by atoms with Crippen LogP contribution in [-0.4, -0.2) is 29.8 Å². The molecule has 1 heterocycles. The number of para-hydroxylation sites is 2. The molecule has 0 saturated carbocycles. The van der Waals surface area contributed by atoms with Crippen LogP contribution in [0.1, 0.15) is 25.2 Å². The molecule has 3 rings (SSSR count). The van der Waals surface area contributed by atoms with Crippen molar-refractivity contribution >= 4 is 23.2 Å². The summed E-state index contributed by atoms with van der Waals surface area (Å²) in [6, 6.07) is 16.3. The van der Waals surface area contributed by atoms with Gasteiger partial charge in [0.05, 0.1) is 33.4 Å². The van der Waals surface area contributed by atoms with Gasteiger partial charge in [0.2, 0.25) is 0 Å². The molecule has 0 radical (unpaired) electrons. The van der Waals surface area contributed by atoms with Crippen LogP contribution in [0.2, 0.25) is 0 Å². The fourth-order valence-electron chi connectivity index (χ4n) is 3.19. The Morgan fingerprint density at radius 1 is 1.17 bits per heavy atom. The third-order valence-corrected chi connectivity index (χ3v) is 4.72. The number of fused-ring (bicyclic) bond motifs is 1. The number of hydrazone groups is 1. The Morgan fingerprint density at radius 2 is 1.93 bits per heavy atom. The molecule has 0 spiro atoms. The molecular formula is C22H30N6O+2. The van der Waals surface area contributed by atoms with Gasteiger partial charge < -0.3 is 4.74 Å². The monoisotopic (exact) mass is 394 g/mol. The normalized spacial score (nSPS) is 11.9. The number of rotatable bonds is 7. The summed E-state index contributed by atoms with van der Waals surface area (Å²) in [6.07, 6.45) is 1.78. The van der Waals surface area contributed by atoms with Crippen molar-refractivity contribution < 1.29 is 14.3 Å². The molecule has 0 aliphatic heterocycles. The predicted molar refractivity (Wildman–Crippen MR) is 116 cm³/mol. The maximum absolute atomic E-state index is 6.02. The van der Waals surface area contributed by atoms with Crippen LogP contribution >= 0.6 is 0 Å². The molecule has 3 N–H and O–H groups in total. The van der Waals surface area contributed by atoms with Crippen LogP contribution in [0, 0.1) is 0 Å². The van der Waals surface area contributed by atoms with Crippen molar-refractivity contribution in [2.75, 3.05) is 13.1 Å². The summed E-state index contributed by atoms with van der Waals surface area (Å²) >= 11 is 0. The summed E-state index contributed by atoms with van der Waals surface area (Å²) in [6.45, 7) is 6.23. The molecule has 3 aromatic rings. The second kappa shape index (κ2) is 9.73. The van der Waals surface area contributed by atoms with E-state index in [0.717, 1.165) is 36.2 Å². The minimum absolute atomic E-state index is 0.500. The predicted octanol–water partition coefficient (Wildman–Crippen LogP) is 0.571. The van der Waals surface area contributed by atoms with Crippen LogP contribution in [0.5, 0.6) is 5.75 Å². The van der Waals surface area contributed by atoms with Gasteiger partial charge in [0.15, 0.2) is 17.6 Å². The van der Waals surface area contributed by atoms with Crippen molar-refractivity contribution in [3.8, 4) is 5.75 Å². The minimum atomic E-state index is 0.500. The molecule has 0 atom stereocenters.